The van der Waals surface area contributed by atoms with Crippen LogP contribution in [0.1, 0.15) is 79.5 Å². The van der Waals surface area contributed by atoms with Gasteiger partial charge in [-0.15, -0.1) is 21.5 Å². The Morgan fingerprint density at radius 3 is 2.45 bits per heavy atom. The van der Waals surface area contributed by atoms with Gasteiger partial charge >= 0.3 is 12.1 Å². The molecule has 0 bridgehead atoms. The van der Waals surface area contributed by atoms with Gasteiger partial charge in [-0.2, -0.15) is 4.80 Å². The molecule has 2 aromatic heterocycles. The van der Waals surface area contributed by atoms with Gasteiger partial charge in [0.05, 0.1) is 42.4 Å². The molecule has 2 N–H and O–H groups in total. The average molecular weight is 803 g/mol. The number of cyclic esters (lactones) is 1. The molecule has 3 saturated heterocycles. The van der Waals surface area contributed by atoms with Crippen LogP contribution in [-0.4, -0.2) is 129 Å². The second kappa shape index (κ2) is 17.5. The van der Waals surface area contributed by atoms with E-state index in [0.29, 0.717) is 12.2 Å². The Bertz CT molecular complexity index is 1770. The maximum atomic E-state index is 14.4. The minimum Gasteiger partial charge on any atom is -0.458 e. The molecule has 3 aliphatic rings. The van der Waals surface area contributed by atoms with E-state index in [1.54, 1.807) is 48.6 Å². The van der Waals surface area contributed by atoms with Crippen LogP contribution >= 0.6 is 11.3 Å². The molecule has 1 amide bonds. The molecule has 17 heteroatoms. The van der Waals surface area contributed by atoms with Crippen molar-refractivity contribution in [1.82, 2.24) is 30.4 Å². The molecule has 3 aliphatic heterocycles. The standard InChI is InChI=1S/C39H58N6O10S/c1-12-28-39(8)32(40-37(50)55-39)22(4)29(46)20(2)19-38(7,51-17-13-14-25-15-16-27(56-25)34-41-43-45(11)42-34)33(23(5)30(47)24(6)35(49)53-28)54-36-31(48)26(44(9)10)18-21(3)52-36/h13-16,20-24,26,28,31-33,36,48H,12,17-19H2,1-11H3,(H,40,50)/b14-13+/t20-,21-,22+,23+,24-,26+,28-,31-,32-,33-,36+,38+,39-/m1/s1. The number of nitrogens with zero attached hydrogens (tertiary/aromatic N) is 5. The van der Waals surface area contributed by atoms with Gasteiger partial charge < -0.3 is 39.0 Å². The van der Waals surface area contributed by atoms with E-state index < -0.39 is 83.4 Å². The molecule has 0 saturated carbocycles. The summed E-state index contributed by atoms with van der Waals surface area (Å²) in [5, 5.41) is 26.6. The Morgan fingerprint density at radius 1 is 1.09 bits per heavy atom. The average Bonchev–Trinajstić information content (AvgIpc) is 3.88. The van der Waals surface area contributed by atoms with Crippen molar-refractivity contribution in [1.29, 1.82) is 0 Å². The summed E-state index contributed by atoms with van der Waals surface area (Å²) in [5.74, 6) is -4.66. The first-order chi connectivity index (χ1) is 26.3. The number of ketones is 2. The molecule has 0 radical (unpaired) electrons. The van der Waals surface area contributed by atoms with Gasteiger partial charge in [0.1, 0.15) is 23.9 Å². The third kappa shape index (κ3) is 9.07. The molecule has 16 nitrogen and oxygen atoms in total. The summed E-state index contributed by atoms with van der Waals surface area (Å²) in [7, 11) is 5.43. The highest BCUT2D eigenvalue weighted by molar-refractivity contribution is 7.16. The number of carbonyl (C=O) groups is 4. The Hall–Kier alpha value is -3.61. The van der Waals surface area contributed by atoms with Gasteiger partial charge in [-0.05, 0) is 84.5 Å². The number of tetrazole rings is 1. The highest BCUT2D eigenvalue weighted by Gasteiger charge is 2.57. The highest BCUT2D eigenvalue weighted by atomic mass is 32.1. The Morgan fingerprint density at radius 2 is 1.80 bits per heavy atom. The van der Waals surface area contributed by atoms with Crippen LogP contribution in [0.25, 0.3) is 16.8 Å². The van der Waals surface area contributed by atoms with Gasteiger partial charge in [0, 0.05) is 28.7 Å². The molecule has 0 spiro atoms. The Kier molecular flexibility index (Phi) is 13.6. The number of Topliss-reactive ketones (excluding diaryl/α,β-unsaturated/α-hetero) is 2. The van der Waals surface area contributed by atoms with Crippen molar-refractivity contribution in [3.05, 3.63) is 23.1 Å². The molecule has 2 aromatic rings. The van der Waals surface area contributed by atoms with Crippen molar-refractivity contribution in [2.75, 3.05) is 20.7 Å². The number of rotatable bonds is 9. The van der Waals surface area contributed by atoms with E-state index in [2.05, 4.69) is 20.7 Å². The van der Waals surface area contributed by atoms with E-state index in [4.69, 9.17) is 23.7 Å². The van der Waals surface area contributed by atoms with E-state index in [9.17, 15) is 24.3 Å². The first-order valence-corrected chi connectivity index (χ1v) is 20.2. The first kappa shape index (κ1) is 43.5. The number of fused-ring (bicyclic) bond motifs is 1. The van der Waals surface area contributed by atoms with Crippen molar-refractivity contribution in [2.24, 2.45) is 30.7 Å². The lowest BCUT2D eigenvalue weighted by Crippen LogP contribution is -2.60. The summed E-state index contributed by atoms with van der Waals surface area (Å²) in [5.41, 5.74) is -2.75. The van der Waals surface area contributed by atoms with Crippen molar-refractivity contribution >= 4 is 41.0 Å². The molecule has 5 heterocycles. The van der Waals surface area contributed by atoms with Crippen molar-refractivity contribution in [3.63, 3.8) is 0 Å². The highest BCUT2D eigenvalue weighted by Crippen LogP contribution is 2.40. The summed E-state index contributed by atoms with van der Waals surface area (Å²) in [4.78, 5) is 60.4. The molecular weight excluding hydrogens is 745 g/mol. The zero-order valence-corrected chi connectivity index (χ0v) is 35.1. The number of aliphatic hydroxyl groups is 1. The molecule has 0 aliphatic carbocycles. The molecular formula is C39H58N6O10S. The number of alkyl carbamates (subject to hydrolysis) is 1. The Labute approximate surface area is 332 Å². The van der Waals surface area contributed by atoms with E-state index in [1.165, 1.54) is 23.1 Å². The molecule has 13 atom stereocenters. The van der Waals surface area contributed by atoms with Crippen LogP contribution in [-0.2, 0) is 45.1 Å². The first-order valence-electron chi connectivity index (χ1n) is 19.4. The second-order valence-electron chi connectivity index (χ2n) is 16.2. The van der Waals surface area contributed by atoms with Crippen LogP contribution in [0, 0.1) is 23.7 Å². The quantitative estimate of drug-likeness (QED) is 0.275. The van der Waals surface area contributed by atoms with Gasteiger partial charge in [0.2, 0.25) is 5.82 Å². The minimum atomic E-state index is -1.38. The van der Waals surface area contributed by atoms with Gasteiger partial charge in [-0.25, -0.2) is 4.79 Å². The molecule has 3 fully saturated rings. The van der Waals surface area contributed by atoms with Gasteiger partial charge in [-0.3, -0.25) is 14.4 Å². The number of ether oxygens (including phenoxy) is 5. The number of hydrogen-bond donors (Lipinski definition) is 2. The normalized spacial score (nSPS) is 37.6. The number of aromatic nitrogens is 4. The van der Waals surface area contributed by atoms with Crippen LogP contribution in [0.5, 0.6) is 0 Å². The van der Waals surface area contributed by atoms with E-state index >= 15 is 0 Å². The summed E-state index contributed by atoms with van der Waals surface area (Å²) in [6.45, 7) is 13.8. The lowest BCUT2D eigenvalue weighted by Gasteiger charge is -2.47. The largest absolute Gasteiger partial charge is 0.458 e. The van der Waals surface area contributed by atoms with Crippen LogP contribution < -0.4 is 5.32 Å². The van der Waals surface area contributed by atoms with Gasteiger partial charge in [-0.1, -0.05) is 33.8 Å². The fourth-order valence-corrected chi connectivity index (χ4v) is 9.34. The van der Waals surface area contributed by atoms with Crippen LogP contribution in [0.3, 0.4) is 0 Å². The van der Waals surface area contributed by atoms with Crippen molar-refractivity contribution in [2.45, 2.75) is 129 Å². The predicted molar refractivity (Wildman–Crippen MR) is 206 cm³/mol. The Balaban J connectivity index is 1.53. The SMILES string of the molecule is CC[C@H]1OC(=O)[C@H](C)C(=O)[C@H](C)[C@@H](O[C@@H]2O[C@H](C)C[C@H](N(C)C)[C@H]2O)[C@@](C)(OC/C=C/c2ccc(-c3nnn(C)n3)s2)C[C@@H](C)C(=O)[C@H](C)[C@H]2NC(=O)O[C@@]21C. The third-order valence-electron chi connectivity index (χ3n) is 11.6. The second-order valence-corrected chi connectivity index (χ2v) is 17.3. The molecule has 0 aromatic carbocycles. The fourth-order valence-electron chi connectivity index (χ4n) is 8.47. The minimum absolute atomic E-state index is 0.0511. The number of aryl methyl sites for hydroxylation is 1. The maximum Gasteiger partial charge on any atom is 0.408 e. The number of esters is 1. The van der Waals surface area contributed by atoms with E-state index in [1.807, 2.05) is 50.2 Å². The topological polar surface area (TPSA) is 194 Å². The third-order valence-corrected chi connectivity index (χ3v) is 12.7. The zero-order valence-electron chi connectivity index (χ0n) is 34.3. The van der Waals surface area contributed by atoms with Gasteiger partial charge in [0.15, 0.2) is 17.7 Å². The number of nitrogens with one attached hydrogen (secondary N) is 1. The number of thiophene rings is 1. The number of hydrogen-bond acceptors (Lipinski definition) is 15. The predicted octanol–water partition coefficient (Wildman–Crippen LogP) is 3.81. The molecule has 310 valence electrons. The monoisotopic (exact) mass is 802 g/mol. The number of carbonyl (C=O) groups excluding carboxylic acids is 4. The lowest BCUT2D eigenvalue weighted by molar-refractivity contribution is -0.296. The number of amides is 1. The summed E-state index contributed by atoms with van der Waals surface area (Å²) in [6.07, 6.45) is -0.717. The molecule has 5 rings (SSSR count). The zero-order chi connectivity index (χ0) is 41.3. The lowest BCUT2D eigenvalue weighted by atomic mass is 9.73. The van der Waals surface area contributed by atoms with Gasteiger partial charge in [0.25, 0.3) is 0 Å². The maximum absolute atomic E-state index is 14.4. The van der Waals surface area contributed by atoms with Crippen LogP contribution in [0.2, 0.25) is 0 Å². The molecule has 56 heavy (non-hydrogen) atoms. The molecule has 0 unspecified atom stereocenters. The van der Waals surface area contributed by atoms with Crippen LogP contribution in [0.15, 0.2) is 18.2 Å². The number of likely N-dealkylation sites (N-methyl/N-ethyl adjacent to an activating group) is 1. The fraction of sp³-hybridized carbons (Fsp3) is 0.718. The number of aliphatic hydroxyl groups excluding tert-OH is 1. The van der Waals surface area contributed by atoms with Crippen molar-refractivity contribution in [3.8, 4) is 10.7 Å². The van der Waals surface area contributed by atoms with Crippen LogP contribution in [0.4, 0.5) is 4.79 Å². The van der Waals surface area contributed by atoms with E-state index in [0.717, 1.165) is 9.75 Å². The summed E-state index contributed by atoms with van der Waals surface area (Å²) < 4.78 is 31.4. The summed E-state index contributed by atoms with van der Waals surface area (Å²) in [6, 6.07) is 2.69. The van der Waals surface area contributed by atoms with Crippen molar-refractivity contribution < 1.29 is 48.0 Å². The smallest absolute Gasteiger partial charge is 0.408 e. The summed E-state index contributed by atoms with van der Waals surface area (Å²) >= 11 is 1.47. The van der Waals surface area contributed by atoms with E-state index in [-0.39, 0.29) is 37.4 Å².